The van der Waals surface area contributed by atoms with Crippen molar-refractivity contribution in [1.29, 1.82) is 5.26 Å². The van der Waals surface area contributed by atoms with E-state index < -0.39 is 0 Å². The van der Waals surface area contributed by atoms with Crippen LogP contribution in [0.15, 0.2) is 18.6 Å². The molecule has 2 aliphatic rings. The molecule has 2 aromatic heterocycles. The van der Waals surface area contributed by atoms with E-state index in [-0.39, 0.29) is 6.67 Å². The molecule has 0 aliphatic carbocycles. The number of hydrogen-bond acceptors (Lipinski definition) is 6. The lowest BCUT2D eigenvalue weighted by Gasteiger charge is -2.35. The molecular weight excluding hydrogens is 321 g/mol. The molecule has 0 aromatic carbocycles. The average molecular weight is 341 g/mol. The predicted octanol–water partition coefficient (Wildman–Crippen LogP) is 1.37. The van der Waals surface area contributed by atoms with Gasteiger partial charge in [0.05, 0.1) is 24.6 Å². The van der Waals surface area contributed by atoms with Crippen LogP contribution in [0.2, 0.25) is 0 Å². The van der Waals surface area contributed by atoms with Gasteiger partial charge in [0, 0.05) is 45.0 Å². The molecule has 7 nitrogen and oxygen atoms in total. The summed E-state index contributed by atoms with van der Waals surface area (Å²) < 4.78 is 14.1. The van der Waals surface area contributed by atoms with Crippen LogP contribution in [0.1, 0.15) is 18.4 Å². The highest BCUT2D eigenvalue weighted by atomic mass is 19.1. The third kappa shape index (κ3) is 2.85. The van der Waals surface area contributed by atoms with Gasteiger partial charge in [-0.2, -0.15) is 10.4 Å². The molecule has 0 unspecified atom stereocenters. The second-order valence-corrected chi connectivity index (χ2v) is 6.68. The Labute approximate surface area is 145 Å². The molecule has 130 valence electrons. The lowest BCUT2D eigenvalue weighted by molar-refractivity contribution is 0.227. The SMILES string of the molecule is Cn1cc(-c2ncc(C#N)c(N3C[C@@H]4C[C@H]3CN4CCCF)n2)cn1. The molecule has 25 heavy (non-hydrogen) atoms. The number of nitrogens with zero attached hydrogens (tertiary/aromatic N) is 7. The fourth-order valence-corrected chi connectivity index (χ4v) is 3.89. The van der Waals surface area contributed by atoms with Crippen molar-refractivity contribution in [3.8, 4) is 17.5 Å². The first-order chi connectivity index (χ1) is 12.2. The van der Waals surface area contributed by atoms with Crippen LogP contribution >= 0.6 is 0 Å². The number of piperazine rings is 1. The quantitative estimate of drug-likeness (QED) is 0.818. The van der Waals surface area contributed by atoms with E-state index in [4.69, 9.17) is 0 Å². The molecule has 2 fully saturated rings. The molecule has 0 amide bonds. The van der Waals surface area contributed by atoms with Gasteiger partial charge in [0.15, 0.2) is 11.6 Å². The smallest absolute Gasteiger partial charge is 0.164 e. The zero-order valence-electron chi connectivity index (χ0n) is 14.1. The Morgan fingerprint density at radius 2 is 2.20 bits per heavy atom. The number of rotatable bonds is 5. The zero-order valence-corrected chi connectivity index (χ0v) is 14.1. The van der Waals surface area contributed by atoms with E-state index in [1.165, 1.54) is 0 Å². The van der Waals surface area contributed by atoms with E-state index in [0.717, 1.165) is 31.6 Å². The Bertz CT molecular complexity index is 812. The number of alkyl halides is 1. The summed E-state index contributed by atoms with van der Waals surface area (Å²) in [4.78, 5) is 13.6. The number of aromatic nitrogens is 4. The monoisotopic (exact) mass is 341 g/mol. The highest BCUT2D eigenvalue weighted by Gasteiger charge is 2.44. The molecule has 2 bridgehead atoms. The van der Waals surface area contributed by atoms with Crippen LogP contribution in [0, 0.1) is 11.3 Å². The van der Waals surface area contributed by atoms with Gasteiger partial charge in [-0.3, -0.25) is 14.0 Å². The topological polar surface area (TPSA) is 73.9 Å². The maximum atomic E-state index is 12.4. The Morgan fingerprint density at radius 1 is 1.32 bits per heavy atom. The molecule has 0 radical (unpaired) electrons. The fraction of sp³-hybridized carbons (Fsp3) is 0.529. The van der Waals surface area contributed by atoms with E-state index in [1.54, 1.807) is 17.1 Å². The first-order valence-electron chi connectivity index (χ1n) is 8.52. The third-order valence-corrected chi connectivity index (χ3v) is 5.06. The Balaban J connectivity index is 1.60. The summed E-state index contributed by atoms with van der Waals surface area (Å²) in [7, 11) is 1.85. The third-order valence-electron chi connectivity index (χ3n) is 5.06. The zero-order chi connectivity index (χ0) is 17.4. The number of halogens is 1. The van der Waals surface area contributed by atoms with E-state index in [9.17, 15) is 9.65 Å². The molecule has 0 saturated carbocycles. The molecule has 2 atom stereocenters. The molecule has 0 N–H and O–H groups in total. The van der Waals surface area contributed by atoms with Crippen LogP contribution in [0.25, 0.3) is 11.4 Å². The van der Waals surface area contributed by atoms with E-state index in [2.05, 4.69) is 30.9 Å². The van der Waals surface area contributed by atoms with E-state index in [0.29, 0.717) is 35.7 Å². The maximum absolute atomic E-state index is 12.4. The Hall–Kier alpha value is -2.53. The van der Waals surface area contributed by atoms with Gasteiger partial charge in [0.25, 0.3) is 0 Å². The van der Waals surface area contributed by atoms with E-state index in [1.807, 2.05) is 13.2 Å². The van der Waals surface area contributed by atoms with Gasteiger partial charge >= 0.3 is 0 Å². The number of likely N-dealkylation sites (tertiary alicyclic amines) is 1. The van der Waals surface area contributed by atoms with Gasteiger partial charge in [0.2, 0.25) is 0 Å². The van der Waals surface area contributed by atoms with Crippen molar-refractivity contribution < 1.29 is 4.39 Å². The summed E-state index contributed by atoms with van der Waals surface area (Å²) in [5.41, 5.74) is 1.33. The van der Waals surface area contributed by atoms with Crippen molar-refractivity contribution in [2.24, 2.45) is 7.05 Å². The molecule has 2 saturated heterocycles. The minimum Gasteiger partial charge on any atom is -0.349 e. The molecular formula is C17H20FN7. The number of anilines is 1. The van der Waals surface area contributed by atoms with Crippen molar-refractivity contribution in [2.45, 2.75) is 24.9 Å². The van der Waals surface area contributed by atoms with Crippen LogP contribution in [0.3, 0.4) is 0 Å². The molecule has 0 spiro atoms. The highest BCUT2D eigenvalue weighted by molar-refractivity contribution is 5.61. The Morgan fingerprint density at radius 3 is 2.84 bits per heavy atom. The second kappa shape index (κ2) is 6.41. The second-order valence-electron chi connectivity index (χ2n) is 6.68. The van der Waals surface area contributed by atoms with E-state index >= 15 is 0 Å². The van der Waals surface area contributed by atoms with Gasteiger partial charge < -0.3 is 4.90 Å². The molecule has 4 heterocycles. The van der Waals surface area contributed by atoms with Crippen LogP contribution in [-0.4, -0.2) is 63.0 Å². The normalized spacial score (nSPS) is 22.5. The predicted molar refractivity (Wildman–Crippen MR) is 90.7 cm³/mol. The number of nitriles is 1. The maximum Gasteiger partial charge on any atom is 0.164 e. The summed E-state index contributed by atoms with van der Waals surface area (Å²) >= 11 is 0. The first-order valence-corrected chi connectivity index (χ1v) is 8.52. The molecule has 2 aliphatic heterocycles. The first kappa shape index (κ1) is 16.0. The number of hydrogen-bond donors (Lipinski definition) is 0. The summed E-state index contributed by atoms with van der Waals surface area (Å²) in [6, 6.07) is 2.95. The number of fused-ring (bicyclic) bond motifs is 2. The van der Waals surface area contributed by atoms with Crippen molar-refractivity contribution >= 4 is 5.82 Å². The van der Waals surface area contributed by atoms with Gasteiger partial charge in [-0.15, -0.1) is 0 Å². The molecule has 8 heteroatoms. The van der Waals surface area contributed by atoms with Crippen molar-refractivity contribution in [1.82, 2.24) is 24.6 Å². The lowest BCUT2D eigenvalue weighted by Crippen LogP contribution is -2.47. The standard InChI is InChI=1S/C17H20FN7/c1-23-9-13(8-21-23)16-20-7-12(6-19)17(22-16)25-11-14-5-15(25)10-24(14)4-2-3-18/h7-9,14-15H,2-5,10-11H2,1H3/t14-,15-/m0/s1. The van der Waals surface area contributed by atoms with Crippen LogP contribution < -0.4 is 4.90 Å². The Kier molecular flexibility index (Phi) is 4.09. The average Bonchev–Trinajstić information content (AvgIpc) is 3.34. The highest BCUT2D eigenvalue weighted by Crippen LogP contribution is 2.35. The minimum absolute atomic E-state index is 0.267. The fourth-order valence-electron chi connectivity index (χ4n) is 3.89. The van der Waals surface area contributed by atoms with Gasteiger partial charge in [-0.1, -0.05) is 0 Å². The summed E-state index contributed by atoms with van der Waals surface area (Å²) in [5.74, 6) is 1.29. The van der Waals surface area contributed by atoms with Crippen LogP contribution in [0.5, 0.6) is 0 Å². The van der Waals surface area contributed by atoms with Gasteiger partial charge in [-0.25, -0.2) is 9.97 Å². The number of aryl methyl sites for hydroxylation is 1. The van der Waals surface area contributed by atoms with Crippen LogP contribution in [0.4, 0.5) is 10.2 Å². The lowest BCUT2D eigenvalue weighted by atomic mass is 10.2. The summed E-state index contributed by atoms with van der Waals surface area (Å²) in [6.07, 6.45) is 6.81. The van der Waals surface area contributed by atoms with Gasteiger partial charge in [0.1, 0.15) is 11.6 Å². The summed E-state index contributed by atoms with van der Waals surface area (Å²) in [5, 5.41) is 13.6. The largest absolute Gasteiger partial charge is 0.349 e. The van der Waals surface area contributed by atoms with Crippen LogP contribution in [-0.2, 0) is 7.05 Å². The molecule has 2 aromatic rings. The van der Waals surface area contributed by atoms with Crippen molar-refractivity contribution in [3.63, 3.8) is 0 Å². The summed E-state index contributed by atoms with van der Waals surface area (Å²) in [6.45, 7) is 2.27. The van der Waals surface area contributed by atoms with Crippen molar-refractivity contribution in [2.75, 3.05) is 31.2 Å². The molecule has 4 rings (SSSR count). The minimum atomic E-state index is -0.267. The van der Waals surface area contributed by atoms with Gasteiger partial charge in [-0.05, 0) is 12.8 Å². The van der Waals surface area contributed by atoms with Crippen molar-refractivity contribution in [3.05, 3.63) is 24.2 Å².